The van der Waals surface area contributed by atoms with Crippen molar-refractivity contribution in [2.75, 3.05) is 12.4 Å². The number of methoxy groups -OCH3 is 1. The summed E-state index contributed by atoms with van der Waals surface area (Å²) < 4.78 is 11.3. The van der Waals surface area contributed by atoms with E-state index in [4.69, 9.17) is 20.8 Å². The van der Waals surface area contributed by atoms with Crippen molar-refractivity contribution in [3.05, 3.63) is 83.2 Å². The highest BCUT2D eigenvalue weighted by Crippen LogP contribution is 2.37. The summed E-state index contributed by atoms with van der Waals surface area (Å²) in [6, 6.07) is 15.1. The molecule has 6 heteroatoms. The monoisotopic (exact) mass is 432 g/mol. The third-order valence-electron chi connectivity index (χ3n) is 4.99. The topological polar surface area (TPSA) is 64.4 Å². The summed E-state index contributed by atoms with van der Waals surface area (Å²) in [6.07, 6.45) is 4.91. The SMILES string of the molecule is COc1cc2occ(-c3ccc(Cl)cc3)c2cc1/C(C)=C/C(=O)Nc1cc(C)ccn1. The molecule has 0 aliphatic heterocycles. The summed E-state index contributed by atoms with van der Waals surface area (Å²) in [5, 5.41) is 4.39. The van der Waals surface area contributed by atoms with Crippen LogP contribution < -0.4 is 10.1 Å². The van der Waals surface area contributed by atoms with Crippen LogP contribution in [0.15, 0.2) is 71.5 Å². The van der Waals surface area contributed by atoms with Gasteiger partial charge in [0.05, 0.1) is 13.4 Å². The number of furan rings is 1. The van der Waals surface area contributed by atoms with Gasteiger partial charge in [0, 0.05) is 39.9 Å². The van der Waals surface area contributed by atoms with Crippen LogP contribution in [-0.4, -0.2) is 18.0 Å². The second-order valence-electron chi connectivity index (χ2n) is 7.24. The maximum absolute atomic E-state index is 12.5. The predicted octanol–water partition coefficient (Wildman–Crippen LogP) is 6.51. The maximum Gasteiger partial charge on any atom is 0.249 e. The number of fused-ring (bicyclic) bond motifs is 1. The number of rotatable bonds is 5. The summed E-state index contributed by atoms with van der Waals surface area (Å²) in [4.78, 5) is 16.7. The van der Waals surface area contributed by atoms with Gasteiger partial charge in [-0.05, 0) is 60.9 Å². The fourth-order valence-electron chi connectivity index (χ4n) is 3.43. The molecule has 0 bridgehead atoms. The first-order valence-electron chi connectivity index (χ1n) is 9.72. The van der Waals surface area contributed by atoms with Crippen molar-refractivity contribution in [1.82, 2.24) is 4.98 Å². The second-order valence-corrected chi connectivity index (χ2v) is 7.68. The summed E-state index contributed by atoms with van der Waals surface area (Å²) in [6.45, 7) is 3.82. The first-order valence-corrected chi connectivity index (χ1v) is 10.1. The van der Waals surface area contributed by atoms with Crippen LogP contribution in [0.25, 0.3) is 27.7 Å². The Labute approximate surface area is 185 Å². The number of hydrogen-bond donors (Lipinski definition) is 1. The average Bonchev–Trinajstić information content (AvgIpc) is 3.16. The molecule has 4 rings (SSSR count). The van der Waals surface area contributed by atoms with Crippen LogP contribution in [0.2, 0.25) is 5.02 Å². The van der Waals surface area contributed by atoms with Gasteiger partial charge >= 0.3 is 0 Å². The highest BCUT2D eigenvalue weighted by atomic mass is 35.5. The third kappa shape index (κ3) is 4.47. The smallest absolute Gasteiger partial charge is 0.249 e. The van der Waals surface area contributed by atoms with Gasteiger partial charge in [-0.25, -0.2) is 4.98 Å². The van der Waals surface area contributed by atoms with E-state index in [1.54, 1.807) is 19.6 Å². The first-order chi connectivity index (χ1) is 14.9. The van der Waals surface area contributed by atoms with Crippen LogP contribution in [-0.2, 0) is 4.79 Å². The molecule has 1 N–H and O–H groups in total. The van der Waals surface area contributed by atoms with E-state index < -0.39 is 0 Å². The first kappa shape index (κ1) is 20.7. The Balaban J connectivity index is 1.71. The van der Waals surface area contributed by atoms with E-state index in [-0.39, 0.29) is 5.91 Å². The van der Waals surface area contributed by atoms with Crippen molar-refractivity contribution in [2.45, 2.75) is 13.8 Å². The minimum absolute atomic E-state index is 0.261. The normalized spacial score (nSPS) is 11.5. The van der Waals surface area contributed by atoms with Crippen molar-refractivity contribution >= 4 is 39.9 Å². The van der Waals surface area contributed by atoms with Crippen molar-refractivity contribution in [3.8, 4) is 16.9 Å². The molecule has 2 aromatic carbocycles. The van der Waals surface area contributed by atoms with Crippen molar-refractivity contribution in [2.24, 2.45) is 0 Å². The molecule has 0 radical (unpaired) electrons. The van der Waals surface area contributed by atoms with Gasteiger partial charge in [-0.2, -0.15) is 0 Å². The molecule has 1 amide bonds. The van der Waals surface area contributed by atoms with Gasteiger partial charge in [-0.1, -0.05) is 23.7 Å². The Bertz CT molecular complexity index is 1290. The second kappa shape index (κ2) is 8.66. The lowest BCUT2D eigenvalue weighted by molar-refractivity contribution is -0.111. The van der Waals surface area contributed by atoms with Crippen molar-refractivity contribution in [1.29, 1.82) is 0 Å². The molecular formula is C25H21ClN2O3. The van der Waals surface area contributed by atoms with E-state index >= 15 is 0 Å². The number of halogens is 1. The molecule has 0 aliphatic rings. The summed E-state index contributed by atoms with van der Waals surface area (Å²) >= 11 is 6.02. The Morgan fingerprint density at radius 1 is 1.16 bits per heavy atom. The minimum atomic E-state index is -0.261. The Hall–Kier alpha value is -3.57. The number of pyridine rings is 1. The summed E-state index contributed by atoms with van der Waals surface area (Å²) in [5.41, 5.74) is 5.21. The van der Waals surface area contributed by atoms with Crippen LogP contribution in [0.3, 0.4) is 0 Å². The molecule has 0 fully saturated rings. The fraction of sp³-hybridized carbons (Fsp3) is 0.120. The number of ether oxygens (including phenoxy) is 1. The molecule has 2 aromatic heterocycles. The number of hydrogen-bond acceptors (Lipinski definition) is 4. The molecule has 31 heavy (non-hydrogen) atoms. The fourth-order valence-corrected chi connectivity index (χ4v) is 3.55. The molecule has 5 nitrogen and oxygen atoms in total. The van der Waals surface area contributed by atoms with Crippen LogP contribution >= 0.6 is 11.6 Å². The number of anilines is 1. The van der Waals surface area contributed by atoms with E-state index in [2.05, 4.69) is 10.3 Å². The number of nitrogens with one attached hydrogen (secondary N) is 1. The molecule has 0 aliphatic carbocycles. The molecule has 0 saturated heterocycles. The van der Waals surface area contributed by atoms with Gasteiger partial charge in [-0.15, -0.1) is 0 Å². The van der Waals surface area contributed by atoms with Crippen LogP contribution in [0.1, 0.15) is 18.1 Å². The quantitative estimate of drug-likeness (QED) is 0.365. The minimum Gasteiger partial charge on any atom is -0.496 e. The number of amides is 1. The van der Waals surface area contributed by atoms with E-state index in [0.717, 1.165) is 33.2 Å². The standard InChI is InChI=1S/C25H21ClN2O3/c1-15-8-9-27-24(10-15)28-25(29)11-16(2)19-12-20-21(17-4-6-18(26)7-5-17)14-31-23(20)13-22(19)30-3/h4-14H,1-3H3,(H,27,28,29)/b16-11+. The van der Waals surface area contributed by atoms with E-state index in [1.807, 2.05) is 62.4 Å². The number of aromatic nitrogens is 1. The predicted molar refractivity (Wildman–Crippen MR) is 124 cm³/mol. The van der Waals surface area contributed by atoms with Crippen molar-refractivity contribution in [3.63, 3.8) is 0 Å². The number of carbonyl (C=O) groups excluding carboxylic acids is 1. The number of aryl methyl sites for hydroxylation is 1. The van der Waals surface area contributed by atoms with Gasteiger partial charge < -0.3 is 14.5 Å². The molecule has 0 saturated carbocycles. The largest absolute Gasteiger partial charge is 0.496 e. The zero-order valence-corrected chi connectivity index (χ0v) is 18.2. The number of benzene rings is 2. The summed E-state index contributed by atoms with van der Waals surface area (Å²) in [7, 11) is 1.59. The molecule has 4 aromatic rings. The maximum atomic E-state index is 12.5. The van der Waals surface area contributed by atoms with E-state index in [9.17, 15) is 4.79 Å². The van der Waals surface area contributed by atoms with Crippen LogP contribution in [0.4, 0.5) is 5.82 Å². The lowest BCUT2D eigenvalue weighted by atomic mass is 9.99. The average molecular weight is 433 g/mol. The molecule has 2 heterocycles. The molecule has 156 valence electrons. The highest BCUT2D eigenvalue weighted by molar-refractivity contribution is 6.30. The number of carbonyl (C=O) groups is 1. The van der Waals surface area contributed by atoms with Gasteiger partial charge in [0.25, 0.3) is 0 Å². The lowest BCUT2D eigenvalue weighted by Gasteiger charge is -2.10. The third-order valence-corrected chi connectivity index (χ3v) is 5.24. The zero-order valence-electron chi connectivity index (χ0n) is 17.4. The Morgan fingerprint density at radius 2 is 1.94 bits per heavy atom. The molecular weight excluding hydrogens is 412 g/mol. The van der Waals surface area contributed by atoms with Gasteiger partial charge in [0.2, 0.25) is 5.91 Å². The van der Waals surface area contributed by atoms with Crippen molar-refractivity contribution < 1.29 is 13.9 Å². The molecule has 0 spiro atoms. The van der Waals surface area contributed by atoms with E-state index in [0.29, 0.717) is 22.2 Å². The van der Waals surface area contributed by atoms with Gasteiger partial charge in [0.15, 0.2) is 0 Å². The lowest BCUT2D eigenvalue weighted by Crippen LogP contribution is -2.10. The zero-order chi connectivity index (χ0) is 22.0. The Morgan fingerprint density at radius 3 is 2.65 bits per heavy atom. The summed E-state index contributed by atoms with van der Waals surface area (Å²) in [5.74, 6) is 0.874. The van der Waals surface area contributed by atoms with Gasteiger partial charge in [0.1, 0.15) is 17.2 Å². The highest BCUT2D eigenvalue weighted by Gasteiger charge is 2.15. The van der Waals surface area contributed by atoms with Crippen LogP contribution in [0, 0.1) is 6.92 Å². The number of nitrogens with zero attached hydrogens (tertiary/aromatic N) is 1. The molecule has 0 unspecified atom stereocenters. The Kier molecular flexibility index (Phi) is 5.78. The van der Waals surface area contributed by atoms with E-state index in [1.165, 1.54) is 6.08 Å². The van der Waals surface area contributed by atoms with Crippen LogP contribution in [0.5, 0.6) is 5.75 Å². The number of allylic oxidation sites excluding steroid dienone is 1. The molecule has 0 atom stereocenters. The van der Waals surface area contributed by atoms with Gasteiger partial charge in [-0.3, -0.25) is 4.79 Å².